The number of nitrogens with zero attached hydrogens (tertiary/aromatic N) is 3. The predicted octanol–water partition coefficient (Wildman–Crippen LogP) is 6.02. The van der Waals surface area contributed by atoms with Crippen LogP contribution in [0.2, 0.25) is 0 Å². The van der Waals surface area contributed by atoms with E-state index in [1.165, 1.54) is 5.56 Å². The minimum atomic E-state index is -0.120. The molecule has 0 radical (unpaired) electrons. The number of thiophene rings is 1. The van der Waals surface area contributed by atoms with Crippen LogP contribution in [0.25, 0.3) is 10.2 Å². The van der Waals surface area contributed by atoms with Crippen LogP contribution in [0.5, 0.6) is 0 Å². The third-order valence-electron chi connectivity index (χ3n) is 6.86. The first-order chi connectivity index (χ1) is 17.5. The number of aryl methyl sites for hydroxylation is 3. The largest absolute Gasteiger partial charge is 0.334 e. The number of rotatable bonds is 6. The van der Waals surface area contributed by atoms with Gasteiger partial charge in [0.15, 0.2) is 0 Å². The molecule has 1 fully saturated rings. The molecule has 186 valence electrons. The number of carbonyl (C=O) groups is 2. The molecular weight excluding hydrogens is 468 g/mol. The van der Waals surface area contributed by atoms with Gasteiger partial charge in [0.05, 0.1) is 0 Å². The summed E-state index contributed by atoms with van der Waals surface area (Å²) in [6.07, 6.45) is 1.95. The summed E-state index contributed by atoms with van der Waals surface area (Å²) in [6, 6.07) is 22.2. The van der Waals surface area contributed by atoms with Gasteiger partial charge < -0.3 is 19.7 Å². The Kier molecular flexibility index (Phi) is 7.09. The van der Waals surface area contributed by atoms with Gasteiger partial charge in [0.25, 0.3) is 5.91 Å². The molecular formula is C29H32N4O2S. The van der Waals surface area contributed by atoms with Crippen molar-refractivity contribution in [1.29, 1.82) is 0 Å². The number of hydrogen-bond acceptors (Lipinski definition) is 3. The Labute approximate surface area is 216 Å². The molecule has 1 aliphatic heterocycles. The quantitative estimate of drug-likeness (QED) is 0.352. The summed E-state index contributed by atoms with van der Waals surface area (Å²) in [6.45, 7) is 6.36. The smallest absolute Gasteiger partial charge is 0.322 e. The molecule has 3 heterocycles. The van der Waals surface area contributed by atoms with Gasteiger partial charge in [-0.3, -0.25) is 4.79 Å². The van der Waals surface area contributed by atoms with Gasteiger partial charge in [0.2, 0.25) is 0 Å². The Bertz CT molecular complexity index is 1360. The lowest BCUT2D eigenvalue weighted by atomic mass is 10.1. The van der Waals surface area contributed by atoms with E-state index in [9.17, 15) is 9.59 Å². The van der Waals surface area contributed by atoms with Gasteiger partial charge in [-0.25, -0.2) is 4.79 Å². The second-order valence-electron chi connectivity index (χ2n) is 9.54. The van der Waals surface area contributed by atoms with Gasteiger partial charge >= 0.3 is 6.03 Å². The van der Waals surface area contributed by atoms with Crippen molar-refractivity contribution in [3.05, 3.63) is 88.9 Å². The first kappa shape index (κ1) is 24.1. The van der Waals surface area contributed by atoms with E-state index in [-0.39, 0.29) is 18.0 Å². The fourth-order valence-electron chi connectivity index (χ4n) is 4.98. The third kappa shape index (κ3) is 5.16. The molecule has 6 nitrogen and oxygen atoms in total. The van der Waals surface area contributed by atoms with E-state index in [0.29, 0.717) is 19.6 Å². The van der Waals surface area contributed by atoms with E-state index in [4.69, 9.17) is 0 Å². The van der Waals surface area contributed by atoms with Crippen LogP contribution in [-0.4, -0.2) is 52.0 Å². The van der Waals surface area contributed by atoms with Crippen molar-refractivity contribution < 1.29 is 9.59 Å². The maximum Gasteiger partial charge on any atom is 0.322 e. The third-order valence-corrected chi connectivity index (χ3v) is 7.81. The van der Waals surface area contributed by atoms with E-state index >= 15 is 0 Å². The number of carbonyl (C=O) groups excluding carboxylic acids is 2. The number of piperazine rings is 1. The van der Waals surface area contributed by atoms with Gasteiger partial charge in [-0.1, -0.05) is 42.5 Å². The summed E-state index contributed by atoms with van der Waals surface area (Å²) in [5.41, 5.74) is 3.95. The molecule has 7 heteroatoms. The Hall–Kier alpha value is -3.58. The molecule has 0 aliphatic carbocycles. The second kappa shape index (κ2) is 10.6. The highest BCUT2D eigenvalue weighted by Crippen LogP contribution is 2.27. The van der Waals surface area contributed by atoms with E-state index in [1.807, 2.05) is 60.0 Å². The Morgan fingerprint density at radius 3 is 2.64 bits per heavy atom. The van der Waals surface area contributed by atoms with Crippen LogP contribution in [0.4, 0.5) is 10.5 Å². The van der Waals surface area contributed by atoms with Crippen LogP contribution >= 0.6 is 11.3 Å². The van der Waals surface area contributed by atoms with Crippen molar-refractivity contribution in [3.8, 4) is 0 Å². The van der Waals surface area contributed by atoms with Gasteiger partial charge in [0.1, 0.15) is 10.5 Å². The minimum Gasteiger partial charge on any atom is -0.334 e. The Morgan fingerprint density at radius 2 is 1.86 bits per heavy atom. The second-order valence-corrected chi connectivity index (χ2v) is 10.4. The lowest BCUT2D eigenvalue weighted by Crippen LogP contribution is -2.56. The molecule has 4 aromatic rings. The zero-order valence-electron chi connectivity index (χ0n) is 20.8. The van der Waals surface area contributed by atoms with Crippen LogP contribution in [0, 0.1) is 6.92 Å². The number of aromatic nitrogens is 1. The Morgan fingerprint density at radius 1 is 1.03 bits per heavy atom. The number of anilines is 1. The molecule has 1 unspecified atom stereocenters. The monoisotopic (exact) mass is 500 g/mol. The summed E-state index contributed by atoms with van der Waals surface area (Å²) in [4.78, 5) is 31.4. The fourth-order valence-corrected chi connectivity index (χ4v) is 5.91. The summed E-state index contributed by atoms with van der Waals surface area (Å²) in [5.74, 6) is 0.0451. The zero-order valence-corrected chi connectivity index (χ0v) is 21.6. The standard InChI is InChI=1S/C29H32N4O2S/c1-21-8-6-12-25(18-21)30-29(35)32-16-15-31(20-22(32)2)27(34)26-19-24-13-17-36-28(24)33(26)14-7-11-23-9-4-3-5-10-23/h3-6,8-10,12-13,17-19,22H,7,11,14-16,20H2,1-2H3,(H,30,35). The zero-order chi connectivity index (χ0) is 25.1. The van der Waals surface area contributed by atoms with Crippen LogP contribution in [0.3, 0.4) is 0 Å². The van der Waals surface area contributed by atoms with E-state index in [2.05, 4.69) is 45.6 Å². The predicted molar refractivity (Wildman–Crippen MR) is 147 cm³/mol. The summed E-state index contributed by atoms with van der Waals surface area (Å²) in [7, 11) is 0. The fraction of sp³-hybridized carbons (Fsp3) is 0.310. The van der Waals surface area contributed by atoms with Crippen LogP contribution < -0.4 is 5.32 Å². The maximum atomic E-state index is 13.7. The highest BCUT2D eigenvalue weighted by Gasteiger charge is 2.31. The van der Waals surface area contributed by atoms with Gasteiger partial charge in [-0.05, 0) is 67.5 Å². The first-order valence-corrected chi connectivity index (χ1v) is 13.4. The molecule has 2 aromatic carbocycles. The van der Waals surface area contributed by atoms with Crippen LogP contribution in [0.1, 0.15) is 35.0 Å². The maximum absolute atomic E-state index is 13.7. The molecule has 1 atom stereocenters. The number of urea groups is 1. The van der Waals surface area contributed by atoms with E-state index in [1.54, 1.807) is 11.3 Å². The number of benzene rings is 2. The molecule has 1 N–H and O–H groups in total. The SMILES string of the molecule is Cc1cccc(NC(=O)N2CCN(C(=O)c3cc4ccsc4n3CCCc3ccccc3)CC2C)c1. The van der Waals surface area contributed by atoms with Crippen molar-refractivity contribution >= 4 is 39.2 Å². The lowest BCUT2D eigenvalue weighted by molar-refractivity contribution is 0.0582. The molecule has 0 bridgehead atoms. The van der Waals surface area contributed by atoms with Crippen molar-refractivity contribution in [2.45, 2.75) is 39.3 Å². The van der Waals surface area contributed by atoms with Crippen LogP contribution in [-0.2, 0) is 13.0 Å². The number of hydrogen-bond donors (Lipinski definition) is 1. The van der Waals surface area contributed by atoms with Gasteiger partial charge in [0, 0.05) is 43.3 Å². The number of fused-ring (bicyclic) bond motifs is 1. The molecule has 5 rings (SSSR count). The topological polar surface area (TPSA) is 57.6 Å². The number of amides is 3. The highest BCUT2D eigenvalue weighted by molar-refractivity contribution is 7.16. The van der Waals surface area contributed by atoms with Crippen LogP contribution in [0.15, 0.2) is 72.1 Å². The molecule has 1 saturated heterocycles. The molecule has 1 aliphatic rings. The van der Waals surface area contributed by atoms with Crippen molar-refractivity contribution in [2.75, 3.05) is 25.0 Å². The summed E-state index contributed by atoms with van der Waals surface area (Å²) < 4.78 is 2.19. The molecule has 0 spiro atoms. The van der Waals surface area contributed by atoms with Gasteiger partial charge in [-0.15, -0.1) is 11.3 Å². The molecule has 0 saturated carbocycles. The Balaban J connectivity index is 1.25. The average molecular weight is 501 g/mol. The van der Waals surface area contributed by atoms with Crippen molar-refractivity contribution in [1.82, 2.24) is 14.4 Å². The van der Waals surface area contributed by atoms with Crippen molar-refractivity contribution in [2.24, 2.45) is 0 Å². The minimum absolute atomic E-state index is 0.0451. The summed E-state index contributed by atoms with van der Waals surface area (Å²) in [5, 5.41) is 6.20. The van der Waals surface area contributed by atoms with E-state index in [0.717, 1.165) is 46.5 Å². The van der Waals surface area contributed by atoms with Crippen molar-refractivity contribution in [3.63, 3.8) is 0 Å². The van der Waals surface area contributed by atoms with E-state index < -0.39 is 0 Å². The first-order valence-electron chi connectivity index (χ1n) is 12.5. The number of nitrogens with one attached hydrogen (secondary N) is 1. The highest BCUT2D eigenvalue weighted by atomic mass is 32.1. The molecule has 3 amide bonds. The molecule has 2 aromatic heterocycles. The average Bonchev–Trinajstić information content (AvgIpc) is 3.46. The van der Waals surface area contributed by atoms with Gasteiger partial charge in [-0.2, -0.15) is 0 Å². The lowest BCUT2D eigenvalue weighted by Gasteiger charge is -2.39. The summed E-state index contributed by atoms with van der Waals surface area (Å²) >= 11 is 1.68. The normalized spacial score (nSPS) is 15.9. The molecule has 36 heavy (non-hydrogen) atoms.